The molecule has 2 aromatic rings. The Labute approximate surface area is 81.8 Å². The molecule has 1 aromatic carbocycles. The Morgan fingerprint density at radius 3 is 2.86 bits per heavy atom. The van der Waals surface area contributed by atoms with Crippen molar-refractivity contribution in [2.75, 3.05) is 5.73 Å². The first-order valence-electron chi connectivity index (χ1n) is 4.27. The molecule has 0 aliphatic rings. The highest BCUT2D eigenvalue weighted by molar-refractivity contribution is 5.93. The molecule has 0 unspecified atom stereocenters. The molecule has 0 aliphatic heterocycles. The summed E-state index contributed by atoms with van der Waals surface area (Å²) in [6.07, 6.45) is 1.72. The summed E-state index contributed by atoms with van der Waals surface area (Å²) in [7, 11) is 0. The molecule has 0 fully saturated rings. The summed E-state index contributed by atoms with van der Waals surface area (Å²) in [5, 5.41) is 10.7. The van der Waals surface area contributed by atoms with Crippen molar-refractivity contribution in [3.05, 3.63) is 35.5 Å². The van der Waals surface area contributed by atoms with E-state index in [1.54, 1.807) is 12.3 Å². The third kappa shape index (κ3) is 1.17. The highest BCUT2D eigenvalue weighted by atomic mass is 14.8. The fraction of sp³-hybridized carbons (Fsp3) is 0.0909. The zero-order valence-electron chi connectivity index (χ0n) is 7.78. The van der Waals surface area contributed by atoms with Crippen molar-refractivity contribution in [1.29, 1.82) is 5.26 Å². The number of pyridine rings is 1. The molecule has 2 rings (SSSR count). The molecule has 0 atom stereocenters. The maximum atomic E-state index is 8.76. The van der Waals surface area contributed by atoms with Crippen LogP contribution in [0.15, 0.2) is 24.4 Å². The fourth-order valence-electron chi connectivity index (χ4n) is 1.47. The van der Waals surface area contributed by atoms with Gasteiger partial charge in [-0.2, -0.15) is 5.26 Å². The molecule has 0 amide bonds. The average molecular weight is 183 g/mol. The molecule has 3 nitrogen and oxygen atoms in total. The summed E-state index contributed by atoms with van der Waals surface area (Å²) in [5.41, 5.74) is 7.40. The van der Waals surface area contributed by atoms with Crippen LogP contribution < -0.4 is 5.73 Å². The molecule has 2 N–H and O–H groups in total. The van der Waals surface area contributed by atoms with Crippen molar-refractivity contribution in [3.8, 4) is 6.07 Å². The third-order valence-electron chi connectivity index (χ3n) is 2.25. The van der Waals surface area contributed by atoms with Gasteiger partial charge in [-0.3, -0.25) is 0 Å². The Hall–Kier alpha value is -2.08. The van der Waals surface area contributed by atoms with Crippen LogP contribution in [0.4, 0.5) is 5.82 Å². The fourth-order valence-corrected chi connectivity index (χ4v) is 1.47. The smallest absolute Gasteiger partial charge is 0.131 e. The minimum atomic E-state index is 0.509. The van der Waals surface area contributed by atoms with Gasteiger partial charge in [0.1, 0.15) is 5.82 Å². The first-order chi connectivity index (χ1) is 6.72. The second-order valence-corrected chi connectivity index (χ2v) is 3.20. The number of nitriles is 1. The Morgan fingerprint density at radius 2 is 2.14 bits per heavy atom. The number of nitrogens with two attached hydrogens (primary N) is 1. The Balaban J connectivity index is 2.89. The lowest BCUT2D eigenvalue weighted by Gasteiger charge is -2.04. The van der Waals surface area contributed by atoms with E-state index in [0.29, 0.717) is 11.4 Å². The first kappa shape index (κ1) is 8.52. The quantitative estimate of drug-likeness (QED) is 0.679. The van der Waals surface area contributed by atoms with Gasteiger partial charge in [0.2, 0.25) is 0 Å². The van der Waals surface area contributed by atoms with Crippen molar-refractivity contribution in [2.24, 2.45) is 0 Å². The van der Waals surface area contributed by atoms with E-state index in [-0.39, 0.29) is 0 Å². The summed E-state index contributed by atoms with van der Waals surface area (Å²) in [5.74, 6) is 0.509. The maximum absolute atomic E-state index is 8.76. The van der Waals surface area contributed by atoms with Crippen LogP contribution in [0.1, 0.15) is 11.1 Å². The number of anilines is 1. The van der Waals surface area contributed by atoms with E-state index in [1.165, 1.54) is 0 Å². The van der Waals surface area contributed by atoms with Crippen molar-refractivity contribution in [2.45, 2.75) is 6.92 Å². The normalized spacial score (nSPS) is 10.0. The van der Waals surface area contributed by atoms with Gasteiger partial charge >= 0.3 is 0 Å². The van der Waals surface area contributed by atoms with Crippen LogP contribution in [-0.4, -0.2) is 4.98 Å². The van der Waals surface area contributed by atoms with Crippen LogP contribution >= 0.6 is 0 Å². The number of aryl methyl sites for hydroxylation is 1. The van der Waals surface area contributed by atoms with Crippen molar-refractivity contribution in [3.63, 3.8) is 0 Å². The number of nitrogen functional groups attached to an aromatic ring is 1. The van der Waals surface area contributed by atoms with E-state index >= 15 is 0 Å². The van der Waals surface area contributed by atoms with Gasteiger partial charge in [-0.1, -0.05) is 0 Å². The summed E-state index contributed by atoms with van der Waals surface area (Å²) in [4.78, 5) is 4.06. The van der Waals surface area contributed by atoms with Crippen LogP contribution in [-0.2, 0) is 0 Å². The number of aromatic nitrogens is 1. The SMILES string of the molecule is Cc1cnc(N)c2ccc(C#N)cc12. The Morgan fingerprint density at radius 1 is 1.36 bits per heavy atom. The molecule has 0 aliphatic carbocycles. The lowest BCUT2D eigenvalue weighted by atomic mass is 10.1. The highest BCUT2D eigenvalue weighted by Crippen LogP contribution is 2.22. The Kier molecular flexibility index (Phi) is 1.83. The topological polar surface area (TPSA) is 62.7 Å². The van der Waals surface area contributed by atoms with Crippen LogP contribution in [0.25, 0.3) is 10.8 Å². The van der Waals surface area contributed by atoms with Crippen LogP contribution in [0.5, 0.6) is 0 Å². The average Bonchev–Trinajstić information content (AvgIpc) is 2.23. The predicted octanol–water partition coefficient (Wildman–Crippen LogP) is 2.00. The number of hydrogen-bond donors (Lipinski definition) is 1. The standard InChI is InChI=1S/C11H9N3/c1-7-6-14-11(13)9-3-2-8(5-12)4-10(7)9/h2-4,6H,1H3,(H2,13,14). The van der Waals surface area contributed by atoms with Gasteiger partial charge in [-0.25, -0.2) is 4.98 Å². The van der Waals surface area contributed by atoms with Crippen LogP contribution in [0.3, 0.4) is 0 Å². The molecule has 0 spiro atoms. The van der Waals surface area contributed by atoms with Gasteiger partial charge in [-0.05, 0) is 36.1 Å². The first-order valence-corrected chi connectivity index (χ1v) is 4.27. The zero-order valence-corrected chi connectivity index (χ0v) is 7.78. The number of benzene rings is 1. The molecule has 1 aromatic heterocycles. The summed E-state index contributed by atoms with van der Waals surface area (Å²) >= 11 is 0. The van der Waals surface area contributed by atoms with Gasteiger partial charge in [0, 0.05) is 11.6 Å². The second kappa shape index (κ2) is 3.00. The van der Waals surface area contributed by atoms with E-state index in [1.807, 2.05) is 19.1 Å². The van der Waals surface area contributed by atoms with Crippen molar-refractivity contribution in [1.82, 2.24) is 4.98 Å². The molecule has 68 valence electrons. The molecule has 1 heterocycles. The molecule has 0 saturated carbocycles. The highest BCUT2D eigenvalue weighted by Gasteiger charge is 2.02. The molecular formula is C11H9N3. The number of fused-ring (bicyclic) bond motifs is 1. The van der Waals surface area contributed by atoms with E-state index < -0.39 is 0 Å². The second-order valence-electron chi connectivity index (χ2n) is 3.20. The molecule has 0 radical (unpaired) electrons. The van der Waals surface area contributed by atoms with Gasteiger partial charge in [0.05, 0.1) is 11.6 Å². The van der Waals surface area contributed by atoms with Crippen molar-refractivity contribution >= 4 is 16.6 Å². The van der Waals surface area contributed by atoms with Gasteiger partial charge in [0.15, 0.2) is 0 Å². The van der Waals surface area contributed by atoms with Crippen LogP contribution in [0.2, 0.25) is 0 Å². The molecule has 0 saturated heterocycles. The van der Waals surface area contributed by atoms with E-state index in [4.69, 9.17) is 11.0 Å². The predicted molar refractivity (Wildman–Crippen MR) is 55.6 cm³/mol. The largest absolute Gasteiger partial charge is 0.383 e. The number of nitrogens with zero attached hydrogens (tertiary/aromatic N) is 2. The molecular weight excluding hydrogens is 174 g/mol. The minimum absolute atomic E-state index is 0.509. The van der Waals surface area contributed by atoms with E-state index in [0.717, 1.165) is 16.3 Å². The van der Waals surface area contributed by atoms with Crippen LogP contribution in [0, 0.1) is 18.3 Å². The number of rotatable bonds is 0. The lowest BCUT2D eigenvalue weighted by molar-refractivity contribution is 1.31. The number of hydrogen-bond acceptors (Lipinski definition) is 3. The molecule has 0 bridgehead atoms. The lowest BCUT2D eigenvalue weighted by Crippen LogP contribution is -1.93. The molecule has 3 heteroatoms. The van der Waals surface area contributed by atoms with Crippen molar-refractivity contribution < 1.29 is 0 Å². The van der Waals surface area contributed by atoms with E-state index in [9.17, 15) is 0 Å². The maximum Gasteiger partial charge on any atom is 0.131 e. The minimum Gasteiger partial charge on any atom is -0.383 e. The third-order valence-corrected chi connectivity index (χ3v) is 2.25. The summed E-state index contributed by atoms with van der Waals surface area (Å²) in [6, 6.07) is 7.53. The molecule has 14 heavy (non-hydrogen) atoms. The monoisotopic (exact) mass is 183 g/mol. The zero-order chi connectivity index (χ0) is 10.1. The Bertz CT molecular complexity index is 538. The van der Waals surface area contributed by atoms with E-state index in [2.05, 4.69) is 11.1 Å². The van der Waals surface area contributed by atoms with Gasteiger partial charge in [0.25, 0.3) is 0 Å². The van der Waals surface area contributed by atoms with Gasteiger partial charge < -0.3 is 5.73 Å². The van der Waals surface area contributed by atoms with Gasteiger partial charge in [-0.15, -0.1) is 0 Å². The summed E-state index contributed by atoms with van der Waals surface area (Å²) in [6.45, 7) is 1.95. The summed E-state index contributed by atoms with van der Waals surface area (Å²) < 4.78 is 0.